The summed E-state index contributed by atoms with van der Waals surface area (Å²) in [5, 5.41) is 0.977. The second kappa shape index (κ2) is 3.04. The van der Waals surface area contributed by atoms with Crippen molar-refractivity contribution < 1.29 is 0 Å². The molecule has 1 heteroatoms. The number of thioether (sulfide) groups is 1. The van der Waals surface area contributed by atoms with E-state index >= 15 is 0 Å². The quantitative estimate of drug-likeness (QED) is 0.724. The second-order valence-corrected chi connectivity index (χ2v) is 6.62. The lowest BCUT2D eigenvalue weighted by atomic mass is 9.77. The van der Waals surface area contributed by atoms with Gasteiger partial charge in [-0.25, -0.2) is 0 Å². The Kier molecular flexibility index (Phi) is 1.76. The van der Waals surface area contributed by atoms with Crippen LogP contribution in [0.25, 0.3) is 0 Å². The fourth-order valence-corrected chi connectivity index (χ4v) is 5.59. The second-order valence-electron chi connectivity index (χ2n) is 5.36. The van der Waals surface area contributed by atoms with Gasteiger partial charge in [0.1, 0.15) is 0 Å². The highest BCUT2D eigenvalue weighted by molar-refractivity contribution is 8.00. The maximum absolute atomic E-state index is 2.27. The van der Waals surface area contributed by atoms with Gasteiger partial charge in [-0.15, -0.1) is 11.8 Å². The average Bonchev–Trinajstić information content (AvgIpc) is 2.59. The lowest BCUT2D eigenvalue weighted by Gasteiger charge is -2.36. The van der Waals surface area contributed by atoms with Crippen molar-refractivity contribution in [3.8, 4) is 0 Å². The molecule has 1 unspecified atom stereocenters. The normalized spacial score (nSPS) is 45.5. The molecular formula is C14H16S. The standard InChI is InChI=1S/C14H16S/c1-2-4-9(5-3-1)15-14-12-8-13(14)11-7-6-10(11)12/h1-5,10-14H,6-8H2/t10-,11+,12-,13+,14?. The third-order valence-corrected chi connectivity index (χ3v) is 6.40. The van der Waals surface area contributed by atoms with Gasteiger partial charge in [0.25, 0.3) is 0 Å². The Hall–Kier alpha value is -0.430. The van der Waals surface area contributed by atoms with Crippen LogP contribution in [0.3, 0.4) is 0 Å². The molecule has 0 spiro atoms. The first kappa shape index (κ1) is 8.69. The van der Waals surface area contributed by atoms with Crippen LogP contribution in [-0.4, -0.2) is 5.25 Å². The smallest absolute Gasteiger partial charge is 0.0157 e. The van der Waals surface area contributed by atoms with Crippen LogP contribution in [0.2, 0.25) is 0 Å². The van der Waals surface area contributed by atoms with E-state index in [4.69, 9.17) is 0 Å². The van der Waals surface area contributed by atoms with Gasteiger partial charge in [0.05, 0.1) is 0 Å². The van der Waals surface area contributed by atoms with E-state index in [2.05, 4.69) is 42.1 Å². The van der Waals surface area contributed by atoms with Crippen molar-refractivity contribution in [2.75, 3.05) is 0 Å². The first-order valence-electron chi connectivity index (χ1n) is 6.15. The number of rotatable bonds is 2. The molecule has 3 saturated carbocycles. The summed E-state index contributed by atoms with van der Waals surface area (Å²) in [6, 6.07) is 11.0. The van der Waals surface area contributed by atoms with Gasteiger partial charge in [-0.05, 0) is 55.1 Å². The van der Waals surface area contributed by atoms with E-state index in [1.54, 1.807) is 6.42 Å². The Morgan fingerprint density at radius 1 is 0.867 bits per heavy atom. The highest BCUT2D eigenvalue weighted by Gasteiger charge is 2.62. The zero-order chi connectivity index (χ0) is 9.83. The first-order chi connectivity index (χ1) is 7.43. The largest absolute Gasteiger partial charge is 0.122 e. The summed E-state index contributed by atoms with van der Waals surface area (Å²) in [6.45, 7) is 0. The molecule has 0 nitrogen and oxygen atoms in total. The monoisotopic (exact) mass is 216 g/mol. The number of hydrogen-bond donors (Lipinski definition) is 0. The Balaban J connectivity index is 1.53. The van der Waals surface area contributed by atoms with Crippen molar-refractivity contribution in [2.45, 2.75) is 29.4 Å². The summed E-state index contributed by atoms with van der Waals surface area (Å²) in [4.78, 5) is 1.48. The summed E-state index contributed by atoms with van der Waals surface area (Å²) in [7, 11) is 0. The summed E-state index contributed by atoms with van der Waals surface area (Å²) >= 11 is 2.16. The van der Waals surface area contributed by atoms with Crippen LogP contribution in [0.1, 0.15) is 19.3 Å². The van der Waals surface area contributed by atoms with Gasteiger partial charge >= 0.3 is 0 Å². The Morgan fingerprint density at radius 2 is 1.53 bits per heavy atom. The summed E-state index contributed by atoms with van der Waals surface area (Å²) < 4.78 is 0. The van der Waals surface area contributed by atoms with Gasteiger partial charge in [-0.3, -0.25) is 0 Å². The zero-order valence-corrected chi connectivity index (χ0v) is 9.62. The van der Waals surface area contributed by atoms with E-state index in [0.717, 1.165) is 28.9 Å². The highest BCUT2D eigenvalue weighted by Crippen LogP contribution is 2.68. The molecule has 0 radical (unpaired) electrons. The zero-order valence-electron chi connectivity index (χ0n) is 8.80. The van der Waals surface area contributed by atoms with E-state index in [9.17, 15) is 0 Å². The van der Waals surface area contributed by atoms with Gasteiger partial charge in [0, 0.05) is 10.1 Å². The van der Waals surface area contributed by atoms with Crippen molar-refractivity contribution in [2.24, 2.45) is 23.7 Å². The molecule has 0 aliphatic heterocycles. The minimum absolute atomic E-state index is 0.977. The lowest BCUT2D eigenvalue weighted by molar-refractivity contribution is 0.211. The predicted molar refractivity (Wildman–Crippen MR) is 63.9 cm³/mol. The van der Waals surface area contributed by atoms with Crippen molar-refractivity contribution in [1.82, 2.24) is 0 Å². The molecule has 0 amide bonds. The number of hydrogen-bond acceptors (Lipinski definition) is 1. The molecule has 1 aromatic carbocycles. The SMILES string of the molecule is c1ccc(SC2[C@H]3C[C@@H]2[C@@H]2CC[C@@H]23)cc1. The maximum Gasteiger partial charge on any atom is 0.0157 e. The van der Waals surface area contributed by atoms with Crippen LogP contribution in [0, 0.1) is 23.7 Å². The first-order valence-corrected chi connectivity index (χ1v) is 7.03. The van der Waals surface area contributed by atoms with Crippen molar-refractivity contribution in [1.29, 1.82) is 0 Å². The van der Waals surface area contributed by atoms with Gasteiger partial charge in [-0.2, -0.15) is 0 Å². The average molecular weight is 216 g/mol. The summed E-state index contributed by atoms with van der Waals surface area (Å²) in [5.74, 6) is 4.44. The molecule has 1 aromatic rings. The molecule has 2 bridgehead atoms. The van der Waals surface area contributed by atoms with E-state index in [0.29, 0.717) is 0 Å². The third kappa shape index (κ3) is 1.10. The fraction of sp³-hybridized carbons (Fsp3) is 0.571. The summed E-state index contributed by atoms with van der Waals surface area (Å²) in [5.41, 5.74) is 0. The molecule has 78 valence electrons. The van der Waals surface area contributed by atoms with E-state index in [-0.39, 0.29) is 0 Å². The molecule has 3 aliphatic rings. The molecule has 4 rings (SSSR count). The van der Waals surface area contributed by atoms with Crippen LogP contribution in [0.5, 0.6) is 0 Å². The van der Waals surface area contributed by atoms with Crippen LogP contribution in [0.15, 0.2) is 35.2 Å². The molecular weight excluding hydrogens is 200 g/mol. The molecule has 15 heavy (non-hydrogen) atoms. The van der Waals surface area contributed by atoms with E-state index < -0.39 is 0 Å². The van der Waals surface area contributed by atoms with Crippen molar-refractivity contribution in [3.63, 3.8) is 0 Å². The fourth-order valence-electron chi connectivity index (χ4n) is 3.99. The van der Waals surface area contributed by atoms with Crippen LogP contribution in [0.4, 0.5) is 0 Å². The van der Waals surface area contributed by atoms with E-state index in [1.165, 1.54) is 17.7 Å². The minimum atomic E-state index is 0.977. The molecule has 3 fully saturated rings. The van der Waals surface area contributed by atoms with Gasteiger partial charge in [-0.1, -0.05) is 18.2 Å². The Labute approximate surface area is 95.5 Å². The summed E-state index contributed by atoms with van der Waals surface area (Å²) in [6.07, 6.45) is 4.63. The van der Waals surface area contributed by atoms with Gasteiger partial charge < -0.3 is 0 Å². The van der Waals surface area contributed by atoms with Crippen molar-refractivity contribution in [3.05, 3.63) is 30.3 Å². The molecule has 0 aromatic heterocycles. The van der Waals surface area contributed by atoms with Crippen LogP contribution < -0.4 is 0 Å². The minimum Gasteiger partial charge on any atom is -0.122 e. The lowest BCUT2D eigenvalue weighted by Crippen LogP contribution is -2.32. The Bertz CT molecular complexity index is 356. The topological polar surface area (TPSA) is 0 Å². The maximum atomic E-state index is 2.27. The Morgan fingerprint density at radius 3 is 2.13 bits per heavy atom. The number of fused-ring (bicyclic) bond motifs is 5. The van der Waals surface area contributed by atoms with Gasteiger partial charge in [0.15, 0.2) is 0 Å². The van der Waals surface area contributed by atoms with Gasteiger partial charge in [0.2, 0.25) is 0 Å². The molecule has 0 N–H and O–H groups in total. The molecule has 0 saturated heterocycles. The van der Waals surface area contributed by atoms with Crippen molar-refractivity contribution >= 4 is 11.8 Å². The molecule has 3 aliphatic carbocycles. The molecule has 0 heterocycles. The van der Waals surface area contributed by atoms with Crippen LogP contribution >= 0.6 is 11.8 Å². The predicted octanol–water partition coefficient (Wildman–Crippen LogP) is 3.82. The third-order valence-electron chi connectivity index (χ3n) is 4.89. The highest BCUT2D eigenvalue weighted by atomic mass is 32.2. The molecule has 5 atom stereocenters. The van der Waals surface area contributed by atoms with E-state index in [1.807, 2.05) is 0 Å². The van der Waals surface area contributed by atoms with Crippen LogP contribution in [-0.2, 0) is 0 Å². The number of benzene rings is 1.